The lowest BCUT2D eigenvalue weighted by molar-refractivity contribution is -0.123. The number of amidine groups is 1. The van der Waals surface area contributed by atoms with Crippen molar-refractivity contribution in [2.45, 2.75) is 37.5 Å². The summed E-state index contributed by atoms with van der Waals surface area (Å²) in [6.45, 7) is 0.615. The van der Waals surface area contributed by atoms with Gasteiger partial charge in [0.1, 0.15) is 17.7 Å². The molecule has 0 aromatic heterocycles. The maximum atomic E-state index is 12.7. The fourth-order valence-electron chi connectivity index (χ4n) is 3.90. The van der Waals surface area contributed by atoms with Crippen molar-refractivity contribution in [1.82, 2.24) is 10.6 Å². The van der Waals surface area contributed by atoms with E-state index in [1.807, 2.05) is 24.3 Å². The van der Waals surface area contributed by atoms with Gasteiger partial charge in [-0.1, -0.05) is 36.4 Å². The Morgan fingerprint density at radius 1 is 1.22 bits per heavy atom. The van der Waals surface area contributed by atoms with E-state index in [4.69, 9.17) is 15.9 Å². The quantitative estimate of drug-likeness (QED) is 0.481. The van der Waals surface area contributed by atoms with Crippen LogP contribution in [0.1, 0.15) is 35.6 Å². The van der Waals surface area contributed by atoms with Crippen LogP contribution in [0.3, 0.4) is 0 Å². The van der Waals surface area contributed by atoms with Crippen LogP contribution in [0.2, 0.25) is 0 Å². The molecular formula is C21H24N4O2. The SMILES string of the molecule is N=C(N)c1cccc(O[C@H]2CN[C@H](C(=O)NC3CCc4ccccc43)C2)c1. The number of hydrogen-bond acceptors (Lipinski definition) is 4. The van der Waals surface area contributed by atoms with Crippen LogP contribution in [0.4, 0.5) is 0 Å². The molecule has 6 heteroatoms. The fraction of sp³-hybridized carbons (Fsp3) is 0.333. The van der Waals surface area contributed by atoms with Crippen molar-refractivity contribution in [3.05, 3.63) is 65.2 Å². The predicted molar refractivity (Wildman–Crippen MR) is 104 cm³/mol. The number of nitrogens with one attached hydrogen (secondary N) is 3. The second-order valence-corrected chi connectivity index (χ2v) is 7.18. The van der Waals surface area contributed by atoms with Gasteiger partial charge in [0.05, 0.1) is 12.1 Å². The standard InChI is InChI=1S/C21H24N4O2/c22-20(23)14-5-3-6-15(10-14)27-16-11-19(24-12-16)21(26)25-18-9-8-13-4-1-2-7-17(13)18/h1-7,10,16,18-19,24H,8-9,11-12H2,(H3,22,23)(H,25,26)/t16-,18?,19+/m1/s1. The number of carbonyl (C=O) groups is 1. The highest BCUT2D eigenvalue weighted by Crippen LogP contribution is 2.31. The van der Waals surface area contributed by atoms with E-state index in [0.29, 0.717) is 24.3 Å². The Kier molecular flexibility index (Phi) is 4.81. The van der Waals surface area contributed by atoms with Crippen LogP contribution in [-0.4, -0.2) is 30.4 Å². The highest BCUT2D eigenvalue weighted by molar-refractivity contribution is 5.95. The Bertz CT molecular complexity index is 867. The molecule has 27 heavy (non-hydrogen) atoms. The largest absolute Gasteiger partial charge is 0.489 e. The topological polar surface area (TPSA) is 100 Å². The van der Waals surface area contributed by atoms with Crippen molar-refractivity contribution in [3.8, 4) is 5.75 Å². The number of amides is 1. The van der Waals surface area contributed by atoms with Crippen LogP contribution in [0.25, 0.3) is 0 Å². The normalized spacial score (nSPS) is 23.6. The van der Waals surface area contributed by atoms with Crippen molar-refractivity contribution in [3.63, 3.8) is 0 Å². The summed E-state index contributed by atoms with van der Waals surface area (Å²) in [4.78, 5) is 12.7. The first-order valence-corrected chi connectivity index (χ1v) is 9.33. The number of ether oxygens (including phenoxy) is 1. The summed E-state index contributed by atoms with van der Waals surface area (Å²) in [5, 5.41) is 14.0. The second kappa shape index (κ2) is 7.40. The number of hydrogen-bond donors (Lipinski definition) is 4. The second-order valence-electron chi connectivity index (χ2n) is 7.18. The Morgan fingerprint density at radius 2 is 2.07 bits per heavy atom. The van der Waals surface area contributed by atoms with Gasteiger partial charge in [-0.05, 0) is 36.1 Å². The molecule has 4 rings (SSSR count). The van der Waals surface area contributed by atoms with E-state index in [0.717, 1.165) is 12.8 Å². The molecule has 140 valence electrons. The zero-order chi connectivity index (χ0) is 18.8. The molecule has 5 N–H and O–H groups in total. The first kappa shape index (κ1) is 17.5. The van der Waals surface area contributed by atoms with Gasteiger partial charge in [0.2, 0.25) is 5.91 Å². The van der Waals surface area contributed by atoms with Crippen molar-refractivity contribution in [2.75, 3.05) is 6.54 Å². The van der Waals surface area contributed by atoms with E-state index in [-0.39, 0.29) is 29.9 Å². The summed E-state index contributed by atoms with van der Waals surface area (Å²) >= 11 is 0. The van der Waals surface area contributed by atoms with Crippen LogP contribution in [0, 0.1) is 5.41 Å². The Hall–Kier alpha value is -2.86. The average Bonchev–Trinajstić information content (AvgIpc) is 3.29. The lowest BCUT2D eigenvalue weighted by atomic mass is 10.1. The van der Waals surface area contributed by atoms with Gasteiger partial charge in [-0.3, -0.25) is 10.2 Å². The van der Waals surface area contributed by atoms with Crippen LogP contribution in [-0.2, 0) is 11.2 Å². The maximum absolute atomic E-state index is 12.7. The van der Waals surface area contributed by atoms with Gasteiger partial charge >= 0.3 is 0 Å². The van der Waals surface area contributed by atoms with Gasteiger partial charge < -0.3 is 21.1 Å². The Labute approximate surface area is 158 Å². The molecule has 3 atom stereocenters. The lowest BCUT2D eigenvalue weighted by Crippen LogP contribution is -2.41. The van der Waals surface area contributed by atoms with E-state index >= 15 is 0 Å². The molecule has 1 fully saturated rings. The number of nitrogens with two attached hydrogens (primary N) is 1. The third kappa shape index (κ3) is 3.80. The molecule has 0 bridgehead atoms. The molecule has 0 saturated carbocycles. The zero-order valence-corrected chi connectivity index (χ0v) is 15.1. The minimum atomic E-state index is -0.251. The molecule has 0 radical (unpaired) electrons. The number of nitrogen functional groups attached to an aromatic ring is 1. The third-order valence-electron chi connectivity index (χ3n) is 5.30. The van der Waals surface area contributed by atoms with E-state index < -0.39 is 0 Å². The third-order valence-corrected chi connectivity index (χ3v) is 5.30. The molecular weight excluding hydrogens is 340 g/mol. The highest BCUT2D eigenvalue weighted by atomic mass is 16.5. The van der Waals surface area contributed by atoms with E-state index in [9.17, 15) is 4.79 Å². The van der Waals surface area contributed by atoms with Crippen LogP contribution in [0.15, 0.2) is 48.5 Å². The molecule has 1 aliphatic carbocycles. The van der Waals surface area contributed by atoms with E-state index in [1.54, 1.807) is 12.1 Å². The predicted octanol–water partition coefficient (Wildman–Crippen LogP) is 1.88. The number of carbonyl (C=O) groups excluding carboxylic acids is 1. The van der Waals surface area contributed by atoms with Gasteiger partial charge in [0.15, 0.2) is 0 Å². The summed E-state index contributed by atoms with van der Waals surface area (Å²) < 4.78 is 5.98. The summed E-state index contributed by atoms with van der Waals surface area (Å²) in [5.41, 5.74) is 8.72. The van der Waals surface area contributed by atoms with Crippen LogP contribution >= 0.6 is 0 Å². The summed E-state index contributed by atoms with van der Waals surface area (Å²) in [6.07, 6.45) is 2.50. The number of benzene rings is 2. The lowest BCUT2D eigenvalue weighted by Gasteiger charge is -2.18. The molecule has 1 heterocycles. The minimum absolute atomic E-state index is 0.0131. The first-order chi connectivity index (χ1) is 13.1. The van der Waals surface area contributed by atoms with Crippen molar-refractivity contribution in [2.24, 2.45) is 5.73 Å². The molecule has 1 unspecified atom stereocenters. The van der Waals surface area contributed by atoms with Gasteiger partial charge in [-0.2, -0.15) is 0 Å². The smallest absolute Gasteiger partial charge is 0.237 e. The van der Waals surface area contributed by atoms with Crippen molar-refractivity contribution < 1.29 is 9.53 Å². The van der Waals surface area contributed by atoms with E-state index in [2.05, 4.69) is 22.8 Å². The molecule has 1 amide bonds. The summed E-state index contributed by atoms with van der Waals surface area (Å²) in [7, 11) is 0. The molecule has 1 aliphatic heterocycles. The number of aryl methyl sites for hydroxylation is 1. The fourth-order valence-corrected chi connectivity index (χ4v) is 3.90. The maximum Gasteiger partial charge on any atom is 0.237 e. The molecule has 6 nitrogen and oxygen atoms in total. The van der Waals surface area contributed by atoms with Crippen LogP contribution in [0.5, 0.6) is 5.75 Å². The summed E-state index contributed by atoms with van der Waals surface area (Å²) in [5.74, 6) is 0.708. The van der Waals surface area contributed by atoms with Crippen LogP contribution < -0.4 is 21.1 Å². The molecule has 1 saturated heterocycles. The number of rotatable bonds is 5. The first-order valence-electron chi connectivity index (χ1n) is 9.33. The van der Waals surface area contributed by atoms with Gasteiger partial charge in [0, 0.05) is 18.5 Å². The Balaban J connectivity index is 1.34. The summed E-state index contributed by atoms with van der Waals surface area (Å²) in [6, 6.07) is 15.3. The van der Waals surface area contributed by atoms with Gasteiger partial charge in [-0.25, -0.2) is 0 Å². The number of fused-ring (bicyclic) bond motifs is 1. The molecule has 2 aromatic rings. The van der Waals surface area contributed by atoms with E-state index in [1.165, 1.54) is 11.1 Å². The van der Waals surface area contributed by atoms with Crippen molar-refractivity contribution in [1.29, 1.82) is 5.41 Å². The Morgan fingerprint density at radius 3 is 2.93 bits per heavy atom. The molecule has 2 aromatic carbocycles. The minimum Gasteiger partial charge on any atom is -0.489 e. The highest BCUT2D eigenvalue weighted by Gasteiger charge is 2.33. The van der Waals surface area contributed by atoms with Crippen molar-refractivity contribution >= 4 is 11.7 Å². The molecule has 0 spiro atoms. The monoisotopic (exact) mass is 364 g/mol. The molecule has 2 aliphatic rings. The van der Waals surface area contributed by atoms with Gasteiger partial charge in [0.25, 0.3) is 0 Å². The average molecular weight is 364 g/mol. The van der Waals surface area contributed by atoms with Gasteiger partial charge in [-0.15, -0.1) is 0 Å². The zero-order valence-electron chi connectivity index (χ0n) is 15.1.